The second-order valence-electron chi connectivity index (χ2n) is 5.80. The summed E-state index contributed by atoms with van der Waals surface area (Å²) in [6, 6.07) is 16.2. The van der Waals surface area contributed by atoms with Gasteiger partial charge in [-0.3, -0.25) is 0 Å². The van der Waals surface area contributed by atoms with E-state index in [9.17, 15) is 0 Å². The van der Waals surface area contributed by atoms with Crippen molar-refractivity contribution >= 4 is 11.6 Å². The topological polar surface area (TPSA) is 18.5 Å². The molecule has 0 radical (unpaired) electrons. The van der Waals surface area contributed by atoms with E-state index >= 15 is 0 Å². The Morgan fingerprint density at radius 1 is 0.957 bits per heavy atom. The van der Waals surface area contributed by atoms with Gasteiger partial charge in [0.25, 0.3) is 0 Å². The van der Waals surface area contributed by atoms with Crippen molar-refractivity contribution in [3.63, 3.8) is 0 Å². The number of rotatable bonds is 4. The maximum Gasteiger partial charge on any atom is 0.183 e. The summed E-state index contributed by atoms with van der Waals surface area (Å²) in [6.45, 7) is 3.53. The molecule has 0 atom stereocenters. The van der Waals surface area contributed by atoms with E-state index in [4.69, 9.17) is 21.1 Å². The van der Waals surface area contributed by atoms with E-state index in [1.54, 1.807) is 0 Å². The summed E-state index contributed by atoms with van der Waals surface area (Å²) in [7, 11) is 0. The van der Waals surface area contributed by atoms with Gasteiger partial charge in [0.15, 0.2) is 6.29 Å². The largest absolute Gasteiger partial charge is 0.348 e. The van der Waals surface area contributed by atoms with Crippen LogP contribution < -0.4 is 0 Å². The van der Waals surface area contributed by atoms with Crippen LogP contribution in [0, 0.1) is 5.92 Å². The zero-order chi connectivity index (χ0) is 16.1. The Labute approximate surface area is 142 Å². The average molecular weight is 329 g/mol. The van der Waals surface area contributed by atoms with Crippen LogP contribution in [0.1, 0.15) is 25.2 Å². The zero-order valence-electron chi connectivity index (χ0n) is 13.2. The lowest BCUT2D eigenvalue weighted by Crippen LogP contribution is -2.26. The first-order valence-electron chi connectivity index (χ1n) is 7.96. The maximum atomic E-state index is 5.93. The van der Waals surface area contributed by atoms with Crippen LogP contribution in [0.15, 0.2) is 60.7 Å². The van der Waals surface area contributed by atoms with Gasteiger partial charge in [0.1, 0.15) is 0 Å². The van der Waals surface area contributed by atoms with Crippen LogP contribution in [0.25, 0.3) is 11.1 Å². The van der Waals surface area contributed by atoms with Gasteiger partial charge in [0.05, 0.1) is 13.2 Å². The summed E-state index contributed by atoms with van der Waals surface area (Å²) >= 11 is 5.93. The van der Waals surface area contributed by atoms with Gasteiger partial charge < -0.3 is 9.47 Å². The van der Waals surface area contributed by atoms with Crippen molar-refractivity contribution in [2.24, 2.45) is 5.92 Å². The molecule has 3 heteroatoms. The van der Waals surface area contributed by atoms with Crippen molar-refractivity contribution in [2.45, 2.75) is 19.6 Å². The van der Waals surface area contributed by atoms with Crippen molar-refractivity contribution in [1.82, 2.24) is 0 Å². The highest BCUT2D eigenvalue weighted by Gasteiger charge is 2.22. The molecule has 1 aliphatic rings. The van der Waals surface area contributed by atoms with Crippen molar-refractivity contribution in [3.8, 4) is 11.1 Å². The third-order valence-electron chi connectivity index (χ3n) is 4.03. The minimum absolute atomic E-state index is 0.254. The lowest BCUT2D eigenvalue weighted by Gasteiger charge is -2.29. The molecule has 1 fully saturated rings. The number of hydrogen-bond donors (Lipinski definition) is 0. The van der Waals surface area contributed by atoms with E-state index in [0.717, 1.165) is 41.3 Å². The molecule has 0 amide bonds. The van der Waals surface area contributed by atoms with E-state index in [-0.39, 0.29) is 6.29 Å². The average Bonchev–Trinajstić information content (AvgIpc) is 2.61. The molecular weight excluding hydrogens is 308 g/mol. The highest BCUT2D eigenvalue weighted by atomic mass is 35.5. The first kappa shape index (κ1) is 16.3. The molecule has 0 unspecified atom stereocenters. The molecule has 0 aliphatic carbocycles. The molecule has 2 aromatic carbocycles. The summed E-state index contributed by atoms with van der Waals surface area (Å²) < 4.78 is 11.7. The Hall–Kier alpha value is -1.61. The predicted molar refractivity (Wildman–Crippen MR) is 94.5 cm³/mol. The van der Waals surface area contributed by atoms with Gasteiger partial charge in [-0.2, -0.15) is 0 Å². The van der Waals surface area contributed by atoms with Crippen LogP contribution in [0.4, 0.5) is 0 Å². The molecule has 2 nitrogen and oxygen atoms in total. The molecule has 0 bridgehead atoms. The zero-order valence-corrected chi connectivity index (χ0v) is 14.0. The number of allylic oxidation sites excluding steroid dienone is 2. The highest BCUT2D eigenvalue weighted by Crippen LogP contribution is 2.29. The maximum absolute atomic E-state index is 5.93. The summed E-state index contributed by atoms with van der Waals surface area (Å²) in [4.78, 5) is 0. The molecule has 120 valence electrons. The molecule has 3 rings (SSSR count). The lowest BCUT2D eigenvalue weighted by molar-refractivity contribution is -0.204. The quantitative estimate of drug-likeness (QED) is 0.677. The van der Waals surface area contributed by atoms with Gasteiger partial charge in [-0.25, -0.2) is 0 Å². The van der Waals surface area contributed by atoms with Gasteiger partial charge >= 0.3 is 0 Å². The first-order valence-corrected chi connectivity index (χ1v) is 8.34. The third kappa shape index (κ3) is 4.23. The van der Waals surface area contributed by atoms with E-state index in [1.165, 1.54) is 0 Å². The van der Waals surface area contributed by atoms with E-state index in [2.05, 4.69) is 36.4 Å². The van der Waals surface area contributed by atoms with Crippen molar-refractivity contribution in [2.75, 3.05) is 13.2 Å². The number of halogens is 1. The minimum Gasteiger partial charge on any atom is -0.348 e. The molecular formula is C20H21ClO2. The number of benzene rings is 2. The summed E-state index contributed by atoms with van der Waals surface area (Å²) in [5, 5.41) is 0.752. The molecule has 1 aliphatic heterocycles. The van der Waals surface area contributed by atoms with Crippen molar-refractivity contribution < 1.29 is 9.47 Å². The summed E-state index contributed by atoms with van der Waals surface area (Å²) in [5.74, 6) is 0.454. The van der Waals surface area contributed by atoms with Gasteiger partial charge in [-0.05, 0) is 36.6 Å². The van der Waals surface area contributed by atoms with Crippen LogP contribution in [0.2, 0.25) is 5.02 Å². The second kappa shape index (κ2) is 7.78. The Bertz CT molecular complexity index is 638. The standard InChI is InChI=1S/C20H21ClO2/c1-2-3-4-15-13-22-20(23-14-15)18-7-5-16(6-8-18)17-9-11-19(21)12-10-17/h2-3,5-12,15,20H,4,13-14H2,1H3. The van der Waals surface area contributed by atoms with Crippen LogP contribution in [0.5, 0.6) is 0 Å². The van der Waals surface area contributed by atoms with Crippen molar-refractivity contribution in [3.05, 3.63) is 71.3 Å². The fourth-order valence-electron chi connectivity index (χ4n) is 2.68. The van der Waals surface area contributed by atoms with E-state index in [1.807, 2.05) is 31.2 Å². The molecule has 1 heterocycles. The van der Waals surface area contributed by atoms with Gasteiger partial charge in [0, 0.05) is 16.5 Å². The SMILES string of the molecule is CC=CCC1COC(c2ccc(-c3ccc(Cl)cc3)cc2)OC1. The number of ether oxygens (including phenoxy) is 2. The van der Waals surface area contributed by atoms with E-state index in [0.29, 0.717) is 5.92 Å². The molecule has 23 heavy (non-hydrogen) atoms. The second-order valence-corrected chi connectivity index (χ2v) is 6.23. The van der Waals surface area contributed by atoms with Gasteiger partial charge in [-0.1, -0.05) is 60.2 Å². The monoisotopic (exact) mass is 328 g/mol. The molecule has 1 saturated heterocycles. The molecule has 2 aromatic rings. The summed E-state index contributed by atoms with van der Waals surface area (Å²) in [6.07, 6.45) is 5.00. The fraction of sp³-hybridized carbons (Fsp3) is 0.300. The normalized spacial score (nSPS) is 21.7. The number of hydrogen-bond acceptors (Lipinski definition) is 2. The Balaban J connectivity index is 1.63. The predicted octanol–water partition coefficient (Wildman–Crippen LogP) is 5.63. The Morgan fingerprint density at radius 3 is 2.09 bits per heavy atom. The van der Waals surface area contributed by atoms with Crippen LogP contribution >= 0.6 is 11.6 Å². The van der Waals surface area contributed by atoms with Gasteiger partial charge in [-0.15, -0.1) is 0 Å². The molecule has 0 N–H and O–H groups in total. The van der Waals surface area contributed by atoms with Crippen LogP contribution in [-0.4, -0.2) is 13.2 Å². The van der Waals surface area contributed by atoms with E-state index < -0.39 is 0 Å². The Kier molecular flexibility index (Phi) is 5.50. The minimum atomic E-state index is -0.254. The smallest absolute Gasteiger partial charge is 0.183 e. The van der Waals surface area contributed by atoms with Crippen molar-refractivity contribution in [1.29, 1.82) is 0 Å². The highest BCUT2D eigenvalue weighted by molar-refractivity contribution is 6.30. The molecule has 0 spiro atoms. The molecule has 0 aromatic heterocycles. The molecule has 0 saturated carbocycles. The third-order valence-corrected chi connectivity index (χ3v) is 4.28. The summed E-state index contributed by atoms with van der Waals surface area (Å²) in [5.41, 5.74) is 3.37. The van der Waals surface area contributed by atoms with Crippen LogP contribution in [0.3, 0.4) is 0 Å². The Morgan fingerprint density at radius 2 is 1.52 bits per heavy atom. The first-order chi connectivity index (χ1) is 11.3. The van der Waals surface area contributed by atoms with Crippen LogP contribution in [-0.2, 0) is 9.47 Å². The van der Waals surface area contributed by atoms with Gasteiger partial charge in [0.2, 0.25) is 0 Å². The fourth-order valence-corrected chi connectivity index (χ4v) is 2.80. The lowest BCUT2D eigenvalue weighted by atomic mass is 10.0.